The van der Waals surface area contributed by atoms with Gasteiger partial charge in [0.1, 0.15) is 0 Å². The zero-order valence-electron chi connectivity index (χ0n) is 8.63. The van der Waals surface area contributed by atoms with Gasteiger partial charge in [-0.1, -0.05) is 11.6 Å². The number of rotatable bonds is 2. The maximum atomic E-state index is 6.15. The van der Waals surface area contributed by atoms with Crippen molar-refractivity contribution in [3.05, 3.63) is 16.9 Å². The SMILES string of the molecule is CC(C)n1ncc(Cl)c1C1CCCN1. The smallest absolute Gasteiger partial charge is 0.0834 e. The van der Waals surface area contributed by atoms with Gasteiger partial charge in [0.2, 0.25) is 0 Å². The van der Waals surface area contributed by atoms with Crippen LogP contribution in [0.25, 0.3) is 0 Å². The highest BCUT2D eigenvalue weighted by molar-refractivity contribution is 6.31. The van der Waals surface area contributed by atoms with E-state index in [-0.39, 0.29) is 0 Å². The molecule has 78 valence electrons. The first kappa shape index (κ1) is 9.99. The van der Waals surface area contributed by atoms with E-state index >= 15 is 0 Å². The lowest BCUT2D eigenvalue weighted by Crippen LogP contribution is -2.19. The second-order valence-corrected chi connectivity index (χ2v) is 4.47. The van der Waals surface area contributed by atoms with Crippen molar-refractivity contribution in [1.82, 2.24) is 15.1 Å². The quantitative estimate of drug-likeness (QED) is 0.819. The van der Waals surface area contributed by atoms with Crippen LogP contribution < -0.4 is 5.32 Å². The first-order chi connectivity index (χ1) is 6.70. The van der Waals surface area contributed by atoms with E-state index < -0.39 is 0 Å². The number of nitrogens with one attached hydrogen (secondary N) is 1. The molecule has 0 saturated carbocycles. The van der Waals surface area contributed by atoms with Crippen molar-refractivity contribution in [2.45, 2.75) is 38.8 Å². The molecular weight excluding hydrogens is 198 g/mol. The molecular formula is C10H16ClN3. The Bertz CT molecular complexity index is 313. The summed E-state index contributed by atoms with van der Waals surface area (Å²) < 4.78 is 2.02. The number of halogens is 1. The van der Waals surface area contributed by atoms with Crippen molar-refractivity contribution in [3.63, 3.8) is 0 Å². The largest absolute Gasteiger partial charge is 0.309 e. The van der Waals surface area contributed by atoms with Gasteiger partial charge in [-0.25, -0.2) is 0 Å². The number of hydrogen-bond donors (Lipinski definition) is 1. The van der Waals surface area contributed by atoms with E-state index in [9.17, 15) is 0 Å². The van der Waals surface area contributed by atoms with E-state index in [4.69, 9.17) is 11.6 Å². The maximum absolute atomic E-state index is 6.15. The summed E-state index contributed by atoms with van der Waals surface area (Å²) in [5.74, 6) is 0. The van der Waals surface area contributed by atoms with Crippen molar-refractivity contribution in [3.8, 4) is 0 Å². The van der Waals surface area contributed by atoms with Gasteiger partial charge in [-0.15, -0.1) is 0 Å². The minimum absolute atomic E-state index is 0.375. The third kappa shape index (κ3) is 1.66. The van der Waals surface area contributed by atoms with Crippen molar-refractivity contribution in [2.75, 3.05) is 6.54 Å². The van der Waals surface area contributed by atoms with Crippen molar-refractivity contribution in [2.24, 2.45) is 0 Å². The van der Waals surface area contributed by atoms with E-state index in [1.807, 2.05) is 4.68 Å². The average Bonchev–Trinajstić information content (AvgIpc) is 2.71. The van der Waals surface area contributed by atoms with E-state index in [1.54, 1.807) is 6.20 Å². The number of aromatic nitrogens is 2. The van der Waals surface area contributed by atoms with Crippen molar-refractivity contribution in [1.29, 1.82) is 0 Å². The lowest BCUT2D eigenvalue weighted by Gasteiger charge is -2.16. The monoisotopic (exact) mass is 213 g/mol. The van der Waals surface area contributed by atoms with Gasteiger partial charge in [0.25, 0.3) is 0 Å². The molecule has 1 aromatic heterocycles. The van der Waals surface area contributed by atoms with E-state index in [1.165, 1.54) is 6.42 Å². The standard InChI is InChI=1S/C10H16ClN3/c1-7(2)14-10(8(11)6-13-14)9-4-3-5-12-9/h6-7,9,12H,3-5H2,1-2H3. The number of hydrogen-bond acceptors (Lipinski definition) is 2. The zero-order valence-corrected chi connectivity index (χ0v) is 9.38. The van der Waals surface area contributed by atoms with Crippen LogP contribution in [0.5, 0.6) is 0 Å². The van der Waals surface area contributed by atoms with Gasteiger partial charge in [0.15, 0.2) is 0 Å². The van der Waals surface area contributed by atoms with Gasteiger partial charge < -0.3 is 5.32 Å². The topological polar surface area (TPSA) is 29.9 Å². The summed E-state index contributed by atoms with van der Waals surface area (Å²) in [6, 6.07) is 0.771. The molecule has 0 aliphatic carbocycles. The molecule has 0 spiro atoms. The van der Waals surface area contributed by atoms with Gasteiger partial charge >= 0.3 is 0 Å². The van der Waals surface area contributed by atoms with Crippen molar-refractivity contribution < 1.29 is 0 Å². The van der Waals surface area contributed by atoms with E-state index in [2.05, 4.69) is 24.3 Å². The molecule has 4 heteroatoms. The van der Waals surface area contributed by atoms with Gasteiger partial charge in [-0.2, -0.15) is 5.10 Å². The summed E-state index contributed by atoms with van der Waals surface area (Å²) in [6.07, 6.45) is 4.14. The van der Waals surface area contributed by atoms with Gasteiger partial charge in [-0.3, -0.25) is 4.68 Å². The minimum Gasteiger partial charge on any atom is -0.309 e. The Morgan fingerprint density at radius 1 is 1.64 bits per heavy atom. The second-order valence-electron chi connectivity index (χ2n) is 4.07. The molecule has 1 unspecified atom stereocenters. The Kier molecular flexibility index (Phi) is 2.79. The molecule has 2 rings (SSSR count). The van der Waals surface area contributed by atoms with Gasteiger partial charge in [0, 0.05) is 6.04 Å². The molecule has 14 heavy (non-hydrogen) atoms. The number of nitrogens with zero attached hydrogens (tertiary/aromatic N) is 2. The molecule has 2 heterocycles. The summed E-state index contributed by atoms with van der Waals surface area (Å²) in [6.45, 7) is 5.34. The third-order valence-corrected chi connectivity index (χ3v) is 2.96. The molecule has 1 aliphatic heterocycles. The van der Waals surface area contributed by atoms with Crippen LogP contribution in [0.15, 0.2) is 6.20 Å². The summed E-state index contributed by atoms with van der Waals surface area (Å²) >= 11 is 6.15. The normalized spacial score (nSPS) is 22.1. The van der Waals surface area contributed by atoms with E-state index in [0.717, 1.165) is 23.7 Å². The lowest BCUT2D eigenvalue weighted by molar-refractivity contribution is 0.473. The highest BCUT2D eigenvalue weighted by Gasteiger charge is 2.23. The van der Waals surface area contributed by atoms with Crippen LogP contribution in [0.4, 0.5) is 0 Å². The molecule has 1 fully saturated rings. The molecule has 0 aromatic carbocycles. The fourth-order valence-corrected chi connectivity index (χ4v) is 2.27. The van der Waals surface area contributed by atoms with Crippen molar-refractivity contribution >= 4 is 11.6 Å². The van der Waals surface area contributed by atoms with Crippen LogP contribution in [0.1, 0.15) is 44.5 Å². The fourth-order valence-electron chi connectivity index (χ4n) is 2.01. The van der Waals surface area contributed by atoms with Crippen LogP contribution in [-0.2, 0) is 0 Å². The lowest BCUT2D eigenvalue weighted by atomic mass is 10.1. The molecule has 1 N–H and O–H groups in total. The highest BCUT2D eigenvalue weighted by Crippen LogP contribution is 2.30. The van der Waals surface area contributed by atoms with Crippen LogP contribution in [0.3, 0.4) is 0 Å². The molecule has 0 amide bonds. The first-order valence-electron chi connectivity index (χ1n) is 5.16. The molecule has 1 aliphatic rings. The molecule has 1 saturated heterocycles. The Labute approximate surface area is 89.4 Å². The predicted molar refractivity (Wildman–Crippen MR) is 57.6 cm³/mol. The predicted octanol–water partition coefficient (Wildman–Crippen LogP) is 2.54. The Morgan fingerprint density at radius 3 is 3.00 bits per heavy atom. The fraction of sp³-hybridized carbons (Fsp3) is 0.700. The van der Waals surface area contributed by atoms with Crippen LogP contribution in [0, 0.1) is 0 Å². The summed E-state index contributed by atoms with van der Waals surface area (Å²) in [5.41, 5.74) is 1.15. The van der Waals surface area contributed by atoms with Crippen LogP contribution in [0.2, 0.25) is 5.02 Å². The van der Waals surface area contributed by atoms with Gasteiger partial charge in [0.05, 0.1) is 23.0 Å². The highest BCUT2D eigenvalue weighted by atomic mass is 35.5. The Morgan fingerprint density at radius 2 is 2.43 bits per heavy atom. The average molecular weight is 214 g/mol. The molecule has 1 aromatic rings. The molecule has 3 nitrogen and oxygen atoms in total. The summed E-state index contributed by atoms with van der Waals surface area (Å²) in [4.78, 5) is 0. The van der Waals surface area contributed by atoms with Crippen LogP contribution >= 0.6 is 11.6 Å². The maximum Gasteiger partial charge on any atom is 0.0834 e. The third-order valence-electron chi connectivity index (χ3n) is 2.67. The summed E-state index contributed by atoms with van der Waals surface area (Å²) in [7, 11) is 0. The summed E-state index contributed by atoms with van der Waals surface area (Å²) in [5, 5.41) is 8.54. The molecule has 0 bridgehead atoms. The molecule has 0 radical (unpaired) electrons. The Balaban J connectivity index is 2.33. The van der Waals surface area contributed by atoms with E-state index in [0.29, 0.717) is 12.1 Å². The Hall–Kier alpha value is -0.540. The molecule has 1 atom stereocenters. The van der Waals surface area contributed by atoms with Crippen LogP contribution in [-0.4, -0.2) is 16.3 Å². The minimum atomic E-state index is 0.375. The zero-order chi connectivity index (χ0) is 10.1. The second kappa shape index (κ2) is 3.91. The van der Waals surface area contributed by atoms with Gasteiger partial charge in [-0.05, 0) is 33.2 Å². The first-order valence-corrected chi connectivity index (χ1v) is 5.54.